The highest BCUT2D eigenvalue weighted by Crippen LogP contribution is 2.14. The number of aromatic nitrogens is 3. The number of aryl methyl sites for hydroxylation is 1. The Bertz CT molecular complexity index is 612. The van der Waals surface area contributed by atoms with Crippen molar-refractivity contribution in [3.05, 3.63) is 45.5 Å². The zero-order chi connectivity index (χ0) is 12.4. The lowest BCUT2D eigenvalue weighted by molar-refractivity contribution is 0.102. The first-order valence-electron chi connectivity index (χ1n) is 5.10. The summed E-state index contributed by atoms with van der Waals surface area (Å²) < 4.78 is 0. The first kappa shape index (κ1) is 11.1. The number of rotatable bonds is 2. The van der Waals surface area contributed by atoms with Gasteiger partial charge in [-0.1, -0.05) is 6.07 Å². The van der Waals surface area contributed by atoms with Crippen LogP contribution >= 0.6 is 0 Å². The van der Waals surface area contributed by atoms with E-state index in [9.17, 15) is 9.59 Å². The van der Waals surface area contributed by atoms with Gasteiger partial charge in [0.05, 0.1) is 0 Å². The first-order chi connectivity index (χ1) is 8.08. The molecule has 2 rings (SSSR count). The molecule has 0 radical (unpaired) electrons. The van der Waals surface area contributed by atoms with Gasteiger partial charge in [-0.05, 0) is 19.9 Å². The van der Waals surface area contributed by atoms with E-state index in [2.05, 4.69) is 20.5 Å². The molecule has 0 aromatic carbocycles. The van der Waals surface area contributed by atoms with Crippen LogP contribution in [0.15, 0.2) is 23.0 Å². The van der Waals surface area contributed by atoms with Crippen LogP contribution in [-0.4, -0.2) is 21.1 Å². The average molecular weight is 232 g/mol. The summed E-state index contributed by atoms with van der Waals surface area (Å²) in [5, 5.41) is 9.35. The maximum absolute atomic E-state index is 11.8. The standard InChI is InChI=1S/C11H12N4O2/c1-6-7(2)14-15-10(6)13-11(17)8-4-3-5-9(16)12-8/h3-5H,1-2H3,(H,12,16)(H2,13,14,15,17). The van der Waals surface area contributed by atoms with E-state index in [0.29, 0.717) is 5.82 Å². The van der Waals surface area contributed by atoms with Gasteiger partial charge in [-0.3, -0.25) is 14.7 Å². The molecule has 0 unspecified atom stereocenters. The number of anilines is 1. The summed E-state index contributed by atoms with van der Waals surface area (Å²) >= 11 is 0. The summed E-state index contributed by atoms with van der Waals surface area (Å²) in [6, 6.07) is 4.41. The van der Waals surface area contributed by atoms with Crippen molar-refractivity contribution in [1.82, 2.24) is 15.2 Å². The minimum atomic E-state index is -0.391. The molecule has 88 valence electrons. The Kier molecular flexibility index (Phi) is 2.78. The van der Waals surface area contributed by atoms with E-state index in [1.165, 1.54) is 18.2 Å². The fourth-order valence-electron chi connectivity index (χ4n) is 1.36. The number of aromatic amines is 2. The molecule has 0 saturated carbocycles. The molecule has 0 saturated heterocycles. The van der Waals surface area contributed by atoms with Crippen molar-refractivity contribution in [3.63, 3.8) is 0 Å². The van der Waals surface area contributed by atoms with E-state index in [1.807, 2.05) is 13.8 Å². The summed E-state index contributed by atoms with van der Waals surface area (Å²) in [5.74, 6) is 0.0782. The Hall–Kier alpha value is -2.37. The molecule has 2 aromatic heterocycles. The van der Waals surface area contributed by atoms with Gasteiger partial charge in [0, 0.05) is 17.3 Å². The van der Waals surface area contributed by atoms with E-state index in [0.717, 1.165) is 11.3 Å². The summed E-state index contributed by atoms with van der Waals surface area (Å²) in [4.78, 5) is 25.3. The number of nitrogens with one attached hydrogen (secondary N) is 3. The first-order valence-corrected chi connectivity index (χ1v) is 5.10. The smallest absolute Gasteiger partial charge is 0.273 e. The quantitative estimate of drug-likeness (QED) is 0.720. The minimum absolute atomic E-state index is 0.206. The van der Waals surface area contributed by atoms with Crippen LogP contribution in [0, 0.1) is 13.8 Å². The highest BCUT2D eigenvalue weighted by Gasteiger charge is 2.11. The summed E-state index contributed by atoms with van der Waals surface area (Å²) in [7, 11) is 0. The molecule has 2 aromatic rings. The molecular weight excluding hydrogens is 220 g/mol. The zero-order valence-corrected chi connectivity index (χ0v) is 9.50. The molecule has 0 aliphatic heterocycles. The molecule has 3 N–H and O–H groups in total. The molecule has 0 atom stereocenters. The third-order valence-corrected chi connectivity index (χ3v) is 2.50. The molecular formula is C11H12N4O2. The van der Waals surface area contributed by atoms with Gasteiger partial charge in [-0.15, -0.1) is 0 Å². The van der Waals surface area contributed by atoms with Crippen LogP contribution in [0.5, 0.6) is 0 Å². The monoisotopic (exact) mass is 232 g/mol. The lowest BCUT2D eigenvalue weighted by atomic mass is 10.2. The molecule has 0 aliphatic carbocycles. The highest BCUT2D eigenvalue weighted by atomic mass is 16.2. The van der Waals surface area contributed by atoms with Gasteiger partial charge in [0.2, 0.25) is 5.56 Å². The van der Waals surface area contributed by atoms with Gasteiger partial charge in [-0.25, -0.2) is 0 Å². The van der Waals surface area contributed by atoms with Gasteiger partial charge >= 0.3 is 0 Å². The Morgan fingerprint density at radius 1 is 1.35 bits per heavy atom. The van der Waals surface area contributed by atoms with Gasteiger partial charge in [-0.2, -0.15) is 5.10 Å². The maximum Gasteiger partial charge on any atom is 0.273 e. The molecule has 0 bridgehead atoms. The number of amides is 1. The Morgan fingerprint density at radius 3 is 2.71 bits per heavy atom. The number of carbonyl (C=O) groups excluding carboxylic acids is 1. The van der Waals surface area contributed by atoms with E-state index in [4.69, 9.17) is 0 Å². The van der Waals surface area contributed by atoms with Crippen LogP contribution in [0.3, 0.4) is 0 Å². The summed E-state index contributed by atoms with van der Waals surface area (Å²) in [6.07, 6.45) is 0. The van der Waals surface area contributed by atoms with E-state index < -0.39 is 5.91 Å². The topological polar surface area (TPSA) is 90.6 Å². The molecule has 0 fully saturated rings. The van der Waals surface area contributed by atoms with Crippen molar-refractivity contribution in [3.8, 4) is 0 Å². The van der Waals surface area contributed by atoms with E-state index >= 15 is 0 Å². The fraction of sp³-hybridized carbons (Fsp3) is 0.182. The van der Waals surface area contributed by atoms with Crippen molar-refractivity contribution in [2.45, 2.75) is 13.8 Å². The van der Waals surface area contributed by atoms with E-state index in [-0.39, 0.29) is 11.3 Å². The van der Waals surface area contributed by atoms with Gasteiger partial charge < -0.3 is 10.3 Å². The molecule has 0 spiro atoms. The maximum atomic E-state index is 11.8. The van der Waals surface area contributed by atoms with Crippen LogP contribution in [0.4, 0.5) is 5.82 Å². The SMILES string of the molecule is Cc1[nH]nc(NC(=O)c2cccc(=O)[nH]2)c1C. The normalized spacial score (nSPS) is 10.2. The number of carbonyl (C=O) groups is 1. The van der Waals surface area contributed by atoms with Gasteiger partial charge in [0.15, 0.2) is 5.82 Å². The predicted molar refractivity (Wildman–Crippen MR) is 63.1 cm³/mol. The van der Waals surface area contributed by atoms with Crippen LogP contribution in [0.25, 0.3) is 0 Å². The number of hydrogen-bond donors (Lipinski definition) is 3. The minimum Gasteiger partial charge on any atom is -0.318 e. The lowest BCUT2D eigenvalue weighted by Gasteiger charge is -2.02. The van der Waals surface area contributed by atoms with E-state index in [1.54, 1.807) is 0 Å². The van der Waals surface area contributed by atoms with Crippen molar-refractivity contribution in [2.24, 2.45) is 0 Å². The van der Waals surface area contributed by atoms with Crippen LogP contribution in [0.1, 0.15) is 21.7 Å². The van der Waals surface area contributed by atoms with Gasteiger partial charge in [0.25, 0.3) is 5.91 Å². The molecule has 2 heterocycles. The molecule has 1 amide bonds. The lowest BCUT2D eigenvalue weighted by Crippen LogP contribution is -2.18. The van der Waals surface area contributed by atoms with Crippen molar-refractivity contribution in [2.75, 3.05) is 5.32 Å². The Labute approximate surface area is 97.1 Å². The summed E-state index contributed by atoms with van der Waals surface area (Å²) in [5.41, 5.74) is 1.66. The number of nitrogens with zero attached hydrogens (tertiary/aromatic N) is 1. The largest absolute Gasteiger partial charge is 0.318 e. The van der Waals surface area contributed by atoms with Crippen LogP contribution in [-0.2, 0) is 0 Å². The third kappa shape index (κ3) is 2.25. The van der Waals surface area contributed by atoms with Crippen molar-refractivity contribution in [1.29, 1.82) is 0 Å². The number of pyridine rings is 1. The molecule has 0 aliphatic rings. The average Bonchev–Trinajstić information content (AvgIpc) is 2.61. The van der Waals surface area contributed by atoms with Crippen molar-refractivity contribution >= 4 is 11.7 Å². The fourth-order valence-corrected chi connectivity index (χ4v) is 1.36. The second-order valence-corrected chi connectivity index (χ2v) is 3.71. The molecule has 17 heavy (non-hydrogen) atoms. The third-order valence-electron chi connectivity index (χ3n) is 2.50. The Balaban J connectivity index is 2.23. The predicted octanol–water partition coefficient (Wildman–Crippen LogP) is 0.967. The molecule has 6 nitrogen and oxygen atoms in total. The Morgan fingerprint density at radius 2 is 2.12 bits per heavy atom. The number of H-pyrrole nitrogens is 2. The van der Waals surface area contributed by atoms with Crippen LogP contribution < -0.4 is 10.9 Å². The zero-order valence-electron chi connectivity index (χ0n) is 9.50. The van der Waals surface area contributed by atoms with Crippen molar-refractivity contribution < 1.29 is 4.79 Å². The van der Waals surface area contributed by atoms with Crippen LogP contribution in [0.2, 0.25) is 0 Å². The molecule has 6 heteroatoms. The van der Waals surface area contributed by atoms with Gasteiger partial charge in [0.1, 0.15) is 5.69 Å². The second-order valence-electron chi connectivity index (χ2n) is 3.71. The highest BCUT2D eigenvalue weighted by molar-refractivity contribution is 6.02. The number of hydrogen-bond acceptors (Lipinski definition) is 3. The summed E-state index contributed by atoms with van der Waals surface area (Å²) in [6.45, 7) is 3.71. The second kappa shape index (κ2) is 4.25.